The van der Waals surface area contributed by atoms with Crippen LogP contribution in [0.15, 0.2) is 24.5 Å². The van der Waals surface area contributed by atoms with Gasteiger partial charge in [-0.25, -0.2) is 4.98 Å². The molecule has 0 unspecified atom stereocenters. The Balaban J connectivity index is 2.20. The Morgan fingerprint density at radius 2 is 2.17 bits per heavy atom. The summed E-state index contributed by atoms with van der Waals surface area (Å²) in [6.45, 7) is 3.56. The van der Waals surface area contributed by atoms with E-state index in [9.17, 15) is 4.79 Å². The van der Waals surface area contributed by atoms with Crippen LogP contribution < -0.4 is 4.90 Å². The number of thiazole rings is 1. The van der Waals surface area contributed by atoms with Crippen molar-refractivity contribution in [2.75, 3.05) is 11.4 Å². The number of anilines is 1. The van der Waals surface area contributed by atoms with Crippen molar-refractivity contribution in [3.63, 3.8) is 0 Å². The van der Waals surface area contributed by atoms with Crippen LogP contribution in [-0.4, -0.2) is 22.8 Å². The highest BCUT2D eigenvalue weighted by Gasteiger charge is 2.14. The fourth-order valence-corrected chi connectivity index (χ4v) is 2.66. The first-order valence-corrected chi connectivity index (χ1v) is 6.69. The molecule has 0 amide bonds. The zero-order valence-electron chi connectivity index (χ0n) is 9.84. The van der Waals surface area contributed by atoms with Crippen LogP contribution >= 0.6 is 22.9 Å². The third-order valence-electron chi connectivity index (χ3n) is 2.48. The Morgan fingerprint density at radius 3 is 2.72 bits per heavy atom. The summed E-state index contributed by atoms with van der Waals surface area (Å²) in [4.78, 5) is 21.5. The van der Waals surface area contributed by atoms with Gasteiger partial charge in [-0.2, -0.15) is 0 Å². The summed E-state index contributed by atoms with van der Waals surface area (Å²) in [5, 5.41) is 1.04. The predicted molar refractivity (Wildman–Crippen MR) is 73.5 cm³/mol. The molecular formula is C12H12ClN3OS. The molecule has 2 heterocycles. The minimum atomic E-state index is 0.276. The number of carbonyl (C=O) groups excluding carboxylic acids is 1. The minimum absolute atomic E-state index is 0.276. The molecule has 2 rings (SSSR count). The summed E-state index contributed by atoms with van der Waals surface area (Å²) in [6.07, 6.45) is 4.26. The maximum atomic E-state index is 10.8. The molecule has 0 fully saturated rings. The average Bonchev–Trinajstić information content (AvgIpc) is 2.78. The monoisotopic (exact) mass is 281 g/mol. The van der Waals surface area contributed by atoms with Crippen molar-refractivity contribution in [3.05, 3.63) is 40.1 Å². The summed E-state index contributed by atoms with van der Waals surface area (Å²) in [5.41, 5.74) is 1.14. The maximum Gasteiger partial charge on any atom is 0.187 e. The first-order chi connectivity index (χ1) is 8.74. The molecular weight excluding hydrogens is 270 g/mol. The number of rotatable bonds is 5. The smallest absolute Gasteiger partial charge is 0.187 e. The van der Waals surface area contributed by atoms with Crippen molar-refractivity contribution < 1.29 is 4.79 Å². The van der Waals surface area contributed by atoms with Gasteiger partial charge in [0.1, 0.15) is 4.88 Å². The molecule has 0 saturated carbocycles. The van der Waals surface area contributed by atoms with Crippen molar-refractivity contribution in [2.45, 2.75) is 13.5 Å². The fraction of sp³-hybridized carbons (Fsp3) is 0.250. The molecule has 6 heteroatoms. The first-order valence-electron chi connectivity index (χ1n) is 5.50. The number of pyridine rings is 1. The SMILES string of the molecule is CCN(Cc1ccncc1)c1nc(Cl)c(C=O)s1. The van der Waals surface area contributed by atoms with Crippen LogP contribution in [0.25, 0.3) is 0 Å². The summed E-state index contributed by atoms with van der Waals surface area (Å²) < 4.78 is 0. The fourth-order valence-electron chi connectivity index (χ4n) is 1.53. The predicted octanol–water partition coefficient (Wildman–Crippen LogP) is 3.03. The lowest BCUT2D eigenvalue weighted by Crippen LogP contribution is -2.21. The van der Waals surface area contributed by atoms with Gasteiger partial charge < -0.3 is 4.90 Å². The van der Waals surface area contributed by atoms with E-state index in [1.54, 1.807) is 12.4 Å². The molecule has 0 bridgehead atoms. The Kier molecular flexibility index (Phi) is 4.28. The van der Waals surface area contributed by atoms with Crippen LogP contribution in [0.5, 0.6) is 0 Å². The van der Waals surface area contributed by atoms with Gasteiger partial charge in [0.2, 0.25) is 0 Å². The van der Waals surface area contributed by atoms with Gasteiger partial charge in [-0.3, -0.25) is 9.78 Å². The number of hydrogen-bond acceptors (Lipinski definition) is 5. The van der Waals surface area contributed by atoms with Gasteiger partial charge in [0, 0.05) is 25.5 Å². The number of carbonyl (C=O) groups is 1. The molecule has 0 aliphatic heterocycles. The lowest BCUT2D eigenvalue weighted by atomic mass is 10.2. The zero-order chi connectivity index (χ0) is 13.0. The molecule has 4 nitrogen and oxygen atoms in total. The minimum Gasteiger partial charge on any atom is -0.344 e. The van der Waals surface area contributed by atoms with Crippen LogP contribution in [-0.2, 0) is 6.54 Å². The van der Waals surface area contributed by atoms with E-state index in [4.69, 9.17) is 11.6 Å². The summed E-state index contributed by atoms with van der Waals surface area (Å²) in [5.74, 6) is 0. The largest absolute Gasteiger partial charge is 0.344 e. The van der Waals surface area contributed by atoms with Crippen LogP contribution in [0.1, 0.15) is 22.2 Å². The lowest BCUT2D eigenvalue weighted by molar-refractivity contribution is 0.112. The van der Waals surface area contributed by atoms with Crippen molar-refractivity contribution in [3.8, 4) is 0 Å². The van der Waals surface area contributed by atoms with Crippen LogP contribution in [0, 0.1) is 0 Å². The van der Waals surface area contributed by atoms with E-state index >= 15 is 0 Å². The molecule has 18 heavy (non-hydrogen) atoms. The third-order valence-corrected chi connectivity index (χ3v) is 3.92. The molecule has 0 aliphatic rings. The highest BCUT2D eigenvalue weighted by atomic mass is 35.5. The maximum absolute atomic E-state index is 10.8. The number of aromatic nitrogens is 2. The van der Waals surface area contributed by atoms with E-state index in [1.807, 2.05) is 19.1 Å². The number of halogens is 1. The van der Waals surface area contributed by atoms with Crippen molar-refractivity contribution in [1.29, 1.82) is 0 Å². The quantitative estimate of drug-likeness (QED) is 0.791. The Hall–Kier alpha value is -1.46. The van der Waals surface area contributed by atoms with Crippen molar-refractivity contribution in [2.24, 2.45) is 0 Å². The molecule has 0 aliphatic carbocycles. The zero-order valence-corrected chi connectivity index (χ0v) is 11.4. The van der Waals surface area contributed by atoms with Gasteiger partial charge in [-0.05, 0) is 24.6 Å². The Labute approximate surface area is 114 Å². The van der Waals surface area contributed by atoms with E-state index in [0.717, 1.165) is 30.1 Å². The molecule has 2 aromatic heterocycles. The van der Waals surface area contributed by atoms with Crippen LogP contribution in [0.4, 0.5) is 5.13 Å². The van der Waals surface area contributed by atoms with E-state index in [-0.39, 0.29) is 5.15 Å². The Morgan fingerprint density at radius 1 is 1.44 bits per heavy atom. The standard InChI is InChI=1S/C12H12ClN3OS/c1-2-16(7-9-3-5-14-6-4-9)12-15-11(13)10(8-17)18-12/h3-6,8H,2,7H2,1H3. The van der Waals surface area contributed by atoms with E-state index < -0.39 is 0 Å². The average molecular weight is 282 g/mol. The molecule has 0 aromatic carbocycles. The molecule has 2 aromatic rings. The summed E-state index contributed by atoms with van der Waals surface area (Å²) >= 11 is 7.19. The van der Waals surface area contributed by atoms with Gasteiger partial charge in [-0.15, -0.1) is 0 Å². The second-order valence-corrected chi connectivity index (χ2v) is 5.01. The van der Waals surface area contributed by atoms with Gasteiger partial charge in [0.25, 0.3) is 0 Å². The van der Waals surface area contributed by atoms with Gasteiger partial charge in [0.05, 0.1) is 0 Å². The molecule has 0 N–H and O–H groups in total. The van der Waals surface area contributed by atoms with Crippen LogP contribution in [0.3, 0.4) is 0 Å². The lowest BCUT2D eigenvalue weighted by Gasteiger charge is -2.19. The van der Waals surface area contributed by atoms with E-state index in [1.165, 1.54) is 11.3 Å². The third kappa shape index (κ3) is 2.86. The number of hydrogen-bond donors (Lipinski definition) is 0. The van der Waals surface area contributed by atoms with Crippen molar-refractivity contribution in [1.82, 2.24) is 9.97 Å². The van der Waals surface area contributed by atoms with E-state index in [2.05, 4.69) is 14.9 Å². The number of nitrogens with zero attached hydrogens (tertiary/aromatic N) is 3. The second kappa shape index (κ2) is 5.93. The van der Waals surface area contributed by atoms with Crippen molar-refractivity contribution >= 4 is 34.4 Å². The molecule has 94 valence electrons. The molecule has 0 atom stereocenters. The normalized spacial score (nSPS) is 10.3. The molecule has 0 spiro atoms. The van der Waals surface area contributed by atoms with Gasteiger partial charge in [0.15, 0.2) is 16.6 Å². The molecule has 0 radical (unpaired) electrons. The van der Waals surface area contributed by atoms with Gasteiger partial charge >= 0.3 is 0 Å². The number of aldehydes is 1. The summed E-state index contributed by atoms with van der Waals surface area (Å²) in [6, 6.07) is 3.91. The summed E-state index contributed by atoms with van der Waals surface area (Å²) in [7, 11) is 0. The van der Waals surface area contributed by atoms with Gasteiger partial charge in [-0.1, -0.05) is 22.9 Å². The highest BCUT2D eigenvalue weighted by molar-refractivity contribution is 7.17. The second-order valence-electron chi connectivity index (χ2n) is 3.64. The molecule has 0 saturated heterocycles. The topological polar surface area (TPSA) is 46.1 Å². The Bertz CT molecular complexity index is 529. The van der Waals surface area contributed by atoms with Crippen LogP contribution in [0.2, 0.25) is 5.15 Å². The van der Waals surface area contributed by atoms with E-state index in [0.29, 0.717) is 4.88 Å². The highest BCUT2D eigenvalue weighted by Crippen LogP contribution is 2.29. The first kappa shape index (κ1) is 13.0.